The van der Waals surface area contributed by atoms with E-state index in [4.69, 9.17) is 0 Å². The van der Waals surface area contributed by atoms with Crippen molar-refractivity contribution in [1.82, 2.24) is 15.0 Å². The normalized spacial score (nSPS) is 10.9. The summed E-state index contributed by atoms with van der Waals surface area (Å²) in [6.45, 7) is 3.52. The summed E-state index contributed by atoms with van der Waals surface area (Å²) in [4.78, 5) is 23.3. The molecule has 13 heteroatoms. The average Bonchev–Trinajstić information content (AvgIpc) is 3.21. The first-order chi connectivity index (χ1) is 15.7. The molecule has 2 aromatic carbocycles. The van der Waals surface area contributed by atoms with Crippen molar-refractivity contribution in [2.75, 3.05) is 10.0 Å². The van der Waals surface area contributed by atoms with Gasteiger partial charge in [-0.15, -0.1) is 28.3 Å². The van der Waals surface area contributed by atoms with Gasteiger partial charge in [0.2, 0.25) is 5.95 Å². The van der Waals surface area contributed by atoms with Crippen LogP contribution in [-0.4, -0.2) is 28.3 Å². The van der Waals surface area contributed by atoms with Crippen LogP contribution in [-0.2, 0) is 10.0 Å². The minimum atomic E-state index is -3.85. The van der Waals surface area contributed by atoms with Gasteiger partial charge in [-0.2, -0.15) is 0 Å². The second-order valence-electron chi connectivity index (χ2n) is 7.07. The molecule has 176 valence electrons. The van der Waals surface area contributed by atoms with Crippen molar-refractivity contribution in [2.45, 2.75) is 18.7 Å². The molecule has 2 aromatic heterocycles. The van der Waals surface area contributed by atoms with E-state index in [1.807, 2.05) is 0 Å². The van der Waals surface area contributed by atoms with Crippen LogP contribution in [0.2, 0.25) is 0 Å². The number of hydrogen-bond acceptors (Lipinski definition) is 9. The molecule has 10 nitrogen and oxygen atoms in total. The topological polar surface area (TPSA) is 140 Å². The fourth-order valence-electron chi connectivity index (χ4n) is 3.03. The van der Waals surface area contributed by atoms with E-state index in [2.05, 4.69) is 25.0 Å². The lowest BCUT2D eigenvalue weighted by atomic mass is 10.1. The van der Waals surface area contributed by atoms with Crippen LogP contribution in [0.5, 0.6) is 0 Å². The van der Waals surface area contributed by atoms with E-state index in [9.17, 15) is 18.5 Å². The summed E-state index contributed by atoms with van der Waals surface area (Å²) in [6, 6.07) is 14.1. The van der Waals surface area contributed by atoms with E-state index in [1.54, 1.807) is 49.6 Å². The maximum absolute atomic E-state index is 12.7. The molecule has 0 saturated carbocycles. The van der Waals surface area contributed by atoms with Crippen LogP contribution in [0.15, 0.2) is 64.9 Å². The van der Waals surface area contributed by atoms with Crippen molar-refractivity contribution < 1.29 is 13.3 Å². The summed E-state index contributed by atoms with van der Waals surface area (Å²) in [5.41, 5.74) is 3.18. The van der Waals surface area contributed by atoms with Crippen molar-refractivity contribution in [3.8, 4) is 11.3 Å². The average molecular weight is 563 g/mol. The Balaban J connectivity index is 0.00000324. The molecule has 0 aliphatic heterocycles. The van der Waals surface area contributed by atoms with Crippen LogP contribution in [0.1, 0.15) is 11.4 Å². The fourth-order valence-corrected chi connectivity index (χ4v) is 4.72. The highest BCUT2D eigenvalue weighted by molar-refractivity contribution is 8.93. The quantitative estimate of drug-likeness (QED) is 0.230. The number of nitro benzene ring substituents is 1. The van der Waals surface area contributed by atoms with E-state index in [-0.39, 0.29) is 33.5 Å². The number of non-ortho nitro benzene ring substituents is 1. The van der Waals surface area contributed by atoms with E-state index < -0.39 is 14.9 Å². The van der Waals surface area contributed by atoms with Gasteiger partial charge < -0.3 is 5.32 Å². The summed E-state index contributed by atoms with van der Waals surface area (Å²) >= 11 is 1.33. The van der Waals surface area contributed by atoms with Gasteiger partial charge in [0.05, 0.1) is 15.5 Å². The molecule has 34 heavy (non-hydrogen) atoms. The number of nitrogens with one attached hydrogen (secondary N) is 2. The number of anilines is 3. The molecule has 4 rings (SSSR count). The lowest BCUT2D eigenvalue weighted by Crippen LogP contribution is -2.15. The minimum absolute atomic E-state index is 0. The first kappa shape index (κ1) is 25.2. The SMILES string of the molecule is Br.Cc1cc(C)nc(NS(=O)(=O)c2ccc(Nc3nc(-c4cccc([N+](=O)[O-])c4)cs3)cc2)n1. The molecule has 0 bridgehead atoms. The zero-order chi connectivity index (χ0) is 23.6. The molecule has 0 amide bonds. The Bertz CT molecular complexity index is 1420. The number of aromatic nitrogens is 3. The monoisotopic (exact) mass is 562 g/mol. The van der Waals surface area contributed by atoms with Crippen LogP contribution in [0, 0.1) is 24.0 Å². The van der Waals surface area contributed by atoms with E-state index >= 15 is 0 Å². The number of benzene rings is 2. The van der Waals surface area contributed by atoms with Gasteiger partial charge in [-0.25, -0.2) is 28.1 Å². The van der Waals surface area contributed by atoms with Crippen molar-refractivity contribution in [2.24, 2.45) is 0 Å². The largest absolute Gasteiger partial charge is 0.332 e. The molecule has 4 aromatic rings. The number of hydrogen-bond donors (Lipinski definition) is 2. The predicted molar refractivity (Wildman–Crippen MR) is 137 cm³/mol. The molecule has 0 fully saturated rings. The molecular formula is C21H19BrN6O4S2. The van der Waals surface area contributed by atoms with Gasteiger partial charge in [0.15, 0.2) is 5.13 Å². The number of halogens is 1. The van der Waals surface area contributed by atoms with Crippen molar-refractivity contribution in [3.63, 3.8) is 0 Å². The molecular weight excluding hydrogens is 544 g/mol. The molecule has 0 atom stereocenters. The molecule has 2 heterocycles. The summed E-state index contributed by atoms with van der Waals surface area (Å²) in [7, 11) is -3.85. The number of nitro groups is 1. The Hall–Kier alpha value is -3.42. The standard InChI is InChI=1S/C21H18N6O4S2.BrH/c1-13-10-14(2)23-20(22-13)26-33(30,31)18-8-6-16(7-9-18)24-21-25-19(12-32-21)15-4-3-5-17(11-15)27(28)29;/h3-12H,1-2H3,(H,24,25)(H,22,23,26);1H. The lowest BCUT2D eigenvalue weighted by molar-refractivity contribution is -0.384. The Labute approximate surface area is 210 Å². The van der Waals surface area contributed by atoms with Crippen molar-refractivity contribution in [1.29, 1.82) is 0 Å². The van der Waals surface area contributed by atoms with Gasteiger partial charge in [-0.1, -0.05) is 12.1 Å². The predicted octanol–water partition coefficient (Wildman–Crippen LogP) is 5.25. The lowest BCUT2D eigenvalue weighted by Gasteiger charge is -2.09. The fraction of sp³-hybridized carbons (Fsp3) is 0.0952. The second kappa shape index (κ2) is 10.2. The second-order valence-corrected chi connectivity index (χ2v) is 9.62. The number of sulfonamides is 1. The molecule has 0 aliphatic rings. The van der Waals surface area contributed by atoms with Crippen LogP contribution in [0.25, 0.3) is 11.3 Å². The summed E-state index contributed by atoms with van der Waals surface area (Å²) < 4.78 is 27.7. The third-order valence-electron chi connectivity index (χ3n) is 4.48. The third kappa shape index (κ3) is 5.92. The van der Waals surface area contributed by atoms with Gasteiger partial charge >= 0.3 is 0 Å². The maximum Gasteiger partial charge on any atom is 0.270 e. The van der Waals surface area contributed by atoms with Crippen LogP contribution >= 0.6 is 28.3 Å². The number of nitrogens with zero attached hydrogens (tertiary/aromatic N) is 4. The number of thiazole rings is 1. The Morgan fingerprint density at radius 3 is 2.29 bits per heavy atom. The van der Waals surface area contributed by atoms with Gasteiger partial charge in [-0.05, 0) is 44.2 Å². The summed E-state index contributed by atoms with van der Waals surface area (Å²) in [5.74, 6) is 0.0196. The van der Waals surface area contributed by atoms with Crippen molar-refractivity contribution in [3.05, 3.63) is 81.5 Å². The first-order valence-electron chi connectivity index (χ1n) is 9.62. The van der Waals surface area contributed by atoms with Gasteiger partial charge in [-0.3, -0.25) is 10.1 Å². The maximum atomic E-state index is 12.7. The molecule has 0 saturated heterocycles. The summed E-state index contributed by atoms with van der Waals surface area (Å²) in [5, 5.41) is 16.4. The van der Waals surface area contributed by atoms with Gasteiger partial charge in [0.1, 0.15) is 0 Å². The highest BCUT2D eigenvalue weighted by Gasteiger charge is 2.16. The first-order valence-corrected chi connectivity index (χ1v) is 12.0. The number of rotatable bonds is 7. The van der Waals surface area contributed by atoms with Crippen LogP contribution in [0.3, 0.4) is 0 Å². The molecule has 0 unspecified atom stereocenters. The smallest absolute Gasteiger partial charge is 0.270 e. The Morgan fingerprint density at radius 1 is 0.971 bits per heavy atom. The van der Waals surface area contributed by atoms with Gasteiger partial charge in [0, 0.05) is 40.2 Å². The Morgan fingerprint density at radius 2 is 1.65 bits per heavy atom. The highest BCUT2D eigenvalue weighted by atomic mass is 79.9. The Kier molecular flexibility index (Phi) is 7.59. The van der Waals surface area contributed by atoms with E-state index in [0.29, 0.717) is 33.5 Å². The molecule has 2 N–H and O–H groups in total. The third-order valence-corrected chi connectivity index (χ3v) is 6.58. The zero-order valence-corrected chi connectivity index (χ0v) is 21.3. The van der Waals surface area contributed by atoms with Gasteiger partial charge in [0.25, 0.3) is 15.7 Å². The van der Waals surface area contributed by atoms with Crippen LogP contribution in [0.4, 0.5) is 22.5 Å². The molecule has 0 radical (unpaired) electrons. The van der Waals surface area contributed by atoms with E-state index in [0.717, 1.165) is 0 Å². The van der Waals surface area contributed by atoms with Crippen LogP contribution < -0.4 is 10.0 Å². The van der Waals surface area contributed by atoms with Crippen molar-refractivity contribution >= 4 is 60.8 Å². The zero-order valence-electron chi connectivity index (χ0n) is 17.9. The summed E-state index contributed by atoms with van der Waals surface area (Å²) in [6.07, 6.45) is 0. The molecule has 0 aliphatic carbocycles. The highest BCUT2D eigenvalue weighted by Crippen LogP contribution is 2.29. The molecule has 0 spiro atoms. The van der Waals surface area contributed by atoms with E-state index in [1.165, 1.54) is 35.6 Å². The minimum Gasteiger partial charge on any atom is -0.332 e. The number of aryl methyl sites for hydroxylation is 2.